The molecule has 0 aromatic carbocycles. The van der Waals surface area contributed by atoms with Crippen LogP contribution in [0.1, 0.15) is 38.2 Å². The monoisotopic (exact) mass is 622 g/mol. The van der Waals surface area contributed by atoms with Crippen molar-refractivity contribution in [3.63, 3.8) is 0 Å². The molecule has 0 amide bonds. The van der Waals surface area contributed by atoms with Crippen molar-refractivity contribution >= 4 is 11.5 Å². The number of methoxy groups -OCH3 is 1. The van der Waals surface area contributed by atoms with Crippen LogP contribution in [0.4, 0.5) is 15.9 Å². The van der Waals surface area contributed by atoms with Crippen molar-refractivity contribution in [3.05, 3.63) is 42.2 Å². The second kappa shape index (κ2) is 13.7. The van der Waals surface area contributed by atoms with Crippen LogP contribution in [0.15, 0.2) is 36.7 Å². The highest BCUT2D eigenvalue weighted by molar-refractivity contribution is 5.48. The van der Waals surface area contributed by atoms with E-state index in [-0.39, 0.29) is 12.1 Å². The number of morpholine rings is 1. The number of hydrogen-bond donors (Lipinski definition) is 2. The van der Waals surface area contributed by atoms with Crippen LogP contribution in [0, 0.1) is 11.8 Å². The van der Waals surface area contributed by atoms with Gasteiger partial charge in [0.1, 0.15) is 12.0 Å². The summed E-state index contributed by atoms with van der Waals surface area (Å²) in [5.74, 6) is 1.98. The third kappa shape index (κ3) is 6.65. The molecular weight excluding hydrogens is 571 g/mol. The van der Waals surface area contributed by atoms with Crippen LogP contribution in [0.25, 0.3) is 0 Å². The van der Waals surface area contributed by atoms with Gasteiger partial charge in [-0.15, -0.1) is 0 Å². The first-order valence-corrected chi connectivity index (χ1v) is 17.1. The van der Waals surface area contributed by atoms with Gasteiger partial charge in [0.15, 0.2) is 0 Å². The third-order valence-electron chi connectivity index (χ3n) is 11.1. The summed E-state index contributed by atoms with van der Waals surface area (Å²) in [6.45, 7) is 11.5. The summed E-state index contributed by atoms with van der Waals surface area (Å²) < 4.78 is 28.2. The van der Waals surface area contributed by atoms with Crippen molar-refractivity contribution in [2.24, 2.45) is 11.8 Å². The summed E-state index contributed by atoms with van der Waals surface area (Å²) in [6.07, 6.45) is 6.82. The predicted octanol–water partition coefficient (Wildman–Crippen LogP) is 2.65. The maximum absolute atomic E-state index is 16.2. The molecule has 7 rings (SSSR count). The molecule has 246 valence electrons. The third-order valence-corrected chi connectivity index (χ3v) is 11.1. The highest BCUT2D eigenvalue weighted by Gasteiger charge is 2.55. The minimum Gasteiger partial charge on any atom is -0.481 e. The molecule has 1 aliphatic carbocycles. The molecule has 2 aromatic rings. The van der Waals surface area contributed by atoms with Crippen LogP contribution < -0.4 is 20.7 Å². The summed E-state index contributed by atoms with van der Waals surface area (Å²) in [5.41, 5.74) is 8.24. The molecule has 2 aromatic heterocycles. The Morgan fingerprint density at radius 1 is 1.11 bits per heavy atom. The van der Waals surface area contributed by atoms with Gasteiger partial charge in [0, 0.05) is 89.3 Å². The minimum atomic E-state index is -0.843. The van der Waals surface area contributed by atoms with Crippen LogP contribution >= 0.6 is 0 Å². The van der Waals surface area contributed by atoms with Gasteiger partial charge in [0.05, 0.1) is 37.7 Å². The van der Waals surface area contributed by atoms with Crippen molar-refractivity contribution in [1.82, 2.24) is 30.0 Å². The smallest absolute Gasteiger partial charge is 0.213 e. The Kier molecular flexibility index (Phi) is 9.42. The molecule has 8 atom stereocenters. The maximum Gasteiger partial charge on any atom is 0.213 e. The summed E-state index contributed by atoms with van der Waals surface area (Å²) in [7, 11) is 1.67. The standard InChI is InChI=1S/C34H51FN8O2/c1-23-22-45-34-32-26(16-29(35)33(34)40-12-9-37-10-13-40)14-25(20-43(23)32)19-42(18-24-7-8-38-31(15-24)44-2)28-4-3-11-41(21-28)27-5-6-30(36)39-17-27/h5-8,15,17,23,25-26,28-29,32-34,37H,3-4,9-14,16,18-22H2,1-2H3,(H2,36,39)/t23?,25?,26?,28-,29?,32?,33?,34?/m0/s1. The lowest BCUT2D eigenvalue weighted by Gasteiger charge is -2.60. The molecule has 7 unspecified atom stereocenters. The van der Waals surface area contributed by atoms with E-state index in [0.29, 0.717) is 54.7 Å². The lowest BCUT2D eigenvalue weighted by Crippen LogP contribution is -2.72. The van der Waals surface area contributed by atoms with Gasteiger partial charge in [-0.05, 0) is 68.2 Å². The minimum absolute atomic E-state index is 0.0465. The lowest BCUT2D eigenvalue weighted by molar-refractivity contribution is -0.197. The normalized spacial score (nSPS) is 34.4. The molecule has 10 nitrogen and oxygen atoms in total. The predicted molar refractivity (Wildman–Crippen MR) is 174 cm³/mol. The van der Waals surface area contributed by atoms with Crippen LogP contribution in [0.2, 0.25) is 0 Å². The first-order chi connectivity index (χ1) is 22.0. The van der Waals surface area contributed by atoms with E-state index < -0.39 is 6.17 Å². The number of nitrogens with two attached hydrogens (primary N) is 1. The van der Waals surface area contributed by atoms with Crippen LogP contribution in [0.5, 0.6) is 5.88 Å². The maximum atomic E-state index is 16.2. The fourth-order valence-electron chi connectivity index (χ4n) is 9.07. The SMILES string of the molecule is COc1cc(CN(CC2CC3CC(F)C(N4CCNCC4)C4OCC(C)N(C2)C34)[C@H]2CCCN(c3ccc(N)nc3)C2)ccn1. The fraction of sp³-hybridized carbons (Fsp3) is 0.706. The number of nitrogens with one attached hydrogen (secondary N) is 1. The highest BCUT2D eigenvalue weighted by Crippen LogP contribution is 2.45. The van der Waals surface area contributed by atoms with Gasteiger partial charge in [-0.3, -0.25) is 14.7 Å². The summed E-state index contributed by atoms with van der Waals surface area (Å²) in [5, 5.41) is 3.43. The number of rotatable bonds is 8. The number of aromatic nitrogens is 2. The second-order valence-electron chi connectivity index (χ2n) is 14.0. The van der Waals surface area contributed by atoms with Crippen molar-refractivity contribution < 1.29 is 13.9 Å². The number of piperidine rings is 2. The molecule has 0 bridgehead atoms. The zero-order valence-corrected chi connectivity index (χ0v) is 26.9. The van der Waals surface area contributed by atoms with Gasteiger partial charge in [-0.2, -0.15) is 0 Å². The van der Waals surface area contributed by atoms with Crippen molar-refractivity contribution in [2.45, 2.75) is 75.6 Å². The molecule has 5 fully saturated rings. The highest BCUT2D eigenvalue weighted by atomic mass is 19.1. The number of hydrogen-bond acceptors (Lipinski definition) is 10. The van der Waals surface area contributed by atoms with Crippen LogP contribution in [-0.2, 0) is 11.3 Å². The Hall–Kier alpha value is -2.57. The van der Waals surface area contributed by atoms with Crippen LogP contribution in [-0.4, -0.2) is 127 Å². The summed E-state index contributed by atoms with van der Waals surface area (Å²) in [4.78, 5) is 19.0. The second-order valence-corrected chi connectivity index (χ2v) is 14.0. The average Bonchev–Trinajstić information content (AvgIpc) is 3.06. The summed E-state index contributed by atoms with van der Waals surface area (Å²) in [6, 6.07) is 9.06. The van der Waals surface area contributed by atoms with Crippen molar-refractivity contribution in [3.8, 4) is 5.88 Å². The zero-order valence-electron chi connectivity index (χ0n) is 26.9. The number of alkyl halides is 1. The molecule has 0 radical (unpaired) electrons. The van der Waals surface area contributed by atoms with E-state index in [1.165, 1.54) is 5.56 Å². The number of nitrogen functional groups attached to an aromatic ring is 1. The Morgan fingerprint density at radius 3 is 2.78 bits per heavy atom. The van der Waals surface area contributed by atoms with Gasteiger partial charge in [0.25, 0.3) is 0 Å². The topological polar surface area (TPSA) is 95.2 Å². The lowest BCUT2D eigenvalue weighted by atomic mass is 9.69. The number of anilines is 2. The van der Waals surface area contributed by atoms with Crippen molar-refractivity contribution in [2.75, 3.05) is 76.7 Å². The quantitative estimate of drug-likeness (QED) is 0.458. The van der Waals surface area contributed by atoms with Gasteiger partial charge < -0.3 is 25.4 Å². The number of nitrogens with zero attached hydrogens (tertiary/aromatic N) is 6. The molecule has 1 saturated carbocycles. The number of halogens is 1. The van der Waals surface area contributed by atoms with E-state index in [9.17, 15) is 0 Å². The van der Waals surface area contributed by atoms with E-state index in [2.05, 4.69) is 60.0 Å². The molecular formula is C34H51FN8O2. The molecule has 5 aliphatic rings. The Labute approximate surface area is 267 Å². The molecule has 4 aliphatic heterocycles. The van der Waals surface area contributed by atoms with E-state index in [1.807, 2.05) is 18.5 Å². The van der Waals surface area contributed by atoms with Gasteiger partial charge >= 0.3 is 0 Å². The van der Waals surface area contributed by atoms with Gasteiger partial charge in [0.2, 0.25) is 5.88 Å². The number of pyridine rings is 2. The molecule has 11 heteroatoms. The average molecular weight is 623 g/mol. The van der Waals surface area contributed by atoms with Crippen molar-refractivity contribution in [1.29, 1.82) is 0 Å². The number of ether oxygens (including phenoxy) is 2. The largest absolute Gasteiger partial charge is 0.481 e. The fourth-order valence-corrected chi connectivity index (χ4v) is 9.07. The Bertz CT molecular complexity index is 1270. The van der Waals surface area contributed by atoms with Crippen LogP contribution in [0.3, 0.4) is 0 Å². The Balaban J connectivity index is 1.11. The first kappa shape index (κ1) is 31.1. The molecule has 0 spiro atoms. The zero-order chi connectivity index (χ0) is 30.9. The van der Waals surface area contributed by atoms with E-state index in [4.69, 9.17) is 15.2 Å². The molecule has 45 heavy (non-hydrogen) atoms. The van der Waals surface area contributed by atoms with E-state index in [0.717, 1.165) is 83.9 Å². The van der Waals surface area contributed by atoms with E-state index >= 15 is 4.39 Å². The van der Waals surface area contributed by atoms with E-state index in [1.54, 1.807) is 7.11 Å². The molecule has 4 saturated heterocycles. The molecule has 3 N–H and O–H groups in total. The first-order valence-electron chi connectivity index (χ1n) is 17.1. The summed E-state index contributed by atoms with van der Waals surface area (Å²) >= 11 is 0. The number of piperazine rings is 1. The molecule has 6 heterocycles. The van der Waals surface area contributed by atoms with Gasteiger partial charge in [-0.1, -0.05) is 0 Å². The van der Waals surface area contributed by atoms with Gasteiger partial charge in [-0.25, -0.2) is 14.4 Å². The Morgan fingerprint density at radius 2 is 1.98 bits per heavy atom.